The van der Waals surface area contributed by atoms with E-state index in [0.717, 1.165) is 36.9 Å². The van der Waals surface area contributed by atoms with Gasteiger partial charge in [0.1, 0.15) is 0 Å². The number of aromatic nitrogens is 1. The van der Waals surface area contributed by atoms with Gasteiger partial charge in [-0.3, -0.25) is 10.1 Å². The molecule has 2 fully saturated rings. The molecule has 1 heterocycles. The van der Waals surface area contributed by atoms with Crippen molar-refractivity contribution in [2.75, 3.05) is 5.32 Å². The van der Waals surface area contributed by atoms with Gasteiger partial charge in [0.25, 0.3) is 5.91 Å². The van der Waals surface area contributed by atoms with Crippen molar-refractivity contribution in [3.05, 3.63) is 60.8 Å². The summed E-state index contributed by atoms with van der Waals surface area (Å²) in [5.74, 6) is -0.0665. The van der Waals surface area contributed by atoms with Crippen molar-refractivity contribution in [3.8, 4) is 0 Å². The fraction of sp³-hybridized carbons (Fsp3) is 0.391. The van der Waals surface area contributed by atoms with Crippen LogP contribution in [0.2, 0.25) is 0 Å². The Morgan fingerprint density at radius 1 is 1.13 bits per heavy atom. The van der Waals surface area contributed by atoms with Crippen LogP contribution in [0.25, 0.3) is 5.57 Å². The maximum Gasteiger partial charge on any atom is 0.257 e. The highest BCUT2D eigenvalue weighted by atomic mass is 32.2. The molecule has 0 bridgehead atoms. The Balaban J connectivity index is 1.60. The summed E-state index contributed by atoms with van der Waals surface area (Å²) >= 11 is 1.35. The Hall–Kier alpha value is -1.99. The van der Waals surface area contributed by atoms with Crippen LogP contribution >= 0.6 is 11.3 Å². The van der Waals surface area contributed by atoms with Crippen LogP contribution in [-0.4, -0.2) is 24.6 Å². The minimum absolute atomic E-state index is 0.193. The smallest absolute Gasteiger partial charge is 0.257 e. The van der Waals surface area contributed by atoms with Gasteiger partial charge in [0, 0.05) is 16.9 Å². The molecule has 0 unspecified atom stereocenters. The van der Waals surface area contributed by atoms with Crippen LogP contribution in [0.4, 0.5) is 5.13 Å². The summed E-state index contributed by atoms with van der Waals surface area (Å²) in [6, 6.07) is 6.72. The van der Waals surface area contributed by atoms with E-state index in [4.69, 9.17) is 0 Å². The molecule has 1 aromatic heterocycles. The minimum Gasteiger partial charge on any atom is -0.298 e. The molecule has 2 radical (unpaired) electrons. The maximum atomic E-state index is 13.1. The van der Waals surface area contributed by atoms with Crippen molar-refractivity contribution >= 4 is 37.8 Å². The average molecular weight is 443 g/mol. The van der Waals surface area contributed by atoms with E-state index in [1.807, 2.05) is 11.5 Å². The molecule has 0 saturated heterocycles. The van der Waals surface area contributed by atoms with Crippen molar-refractivity contribution in [1.29, 1.82) is 0 Å². The molecular weight excluding hydrogens is 416 g/mol. The fourth-order valence-corrected chi connectivity index (χ4v) is 6.20. The summed E-state index contributed by atoms with van der Waals surface area (Å²) in [6.45, 7) is 7.71. The predicted octanol–water partition coefficient (Wildman–Crippen LogP) is 5.04. The van der Waals surface area contributed by atoms with Crippen LogP contribution in [0, 0.1) is 19.8 Å². The molecule has 30 heavy (non-hydrogen) atoms. The lowest BCUT2D eigenvalue weighted by Crippen LogP contribution is -2.15. The lowest BCUT2D eigenvalue weighted by Gasteiger charge is -2.12. The SMILES string of the molecule is [CH2]C([CH2])c1csc(NC(=O)/C(=C/C2CCCC2)c2ccc(S(=O)(=O)C3CC3)cc2)n1. The van der Waals surface area contributed by atoms with Gasteiger partial charge in [0.15, 0.2) is 15.0 Å². The highest BCUT2D eigenvalue weighted by Gasteiger charge is 2.36. The number of nitrogens with one attached hydrogen (secondary N) is 1. The van der Waals surface area contributed by atoms with E-state index in [0.29, 0.717) is 21.5 Å². The number of benzene rings is 1. The number of carbonyl (C=O) groups excluding carboxylic acids is 1. The lowest BCUT2D eigenvalue weighted by atomic mass is 9.98. The van der Waals surface area contributed by atoms with Gasteiger partial charge in [-0.2, -0.15) is 0 Å². The minimum atomic E-state index is -3.25. The van der Waals surface area contributed by atoms with E-state index in [9.17, 15) is 13.2 Å². The zero-order chi connectivity index (χ0) is 21.3. The number of thiazole rings is 1. The molecule has 1 N–H and O–H groups in total. The van der Waals surface area contributed by atoms with Gasteiger partial charge in [0.05, 0.1) is 15.8 Å². The van der Waals surface area contributed by atoms with Crippen molar-refractivity contribution in [3.63, 3.8) is 0 Å². The fourth-order valence-electron chi connectivity index (χ4n) is 3.75. The van der Waals surface area contributed by atoms with Gasteiger partial charge in [-0.25, -0.2) is 13.4 Å². The third kappa shape index (κ3) is 4.67. The number of sulfone groups is 1. The van der Waals surface area contributed by atoms with Crippen molar-refractivity contribution in [2.45, 2.75) is 54.6 Å². The molecule has 5 nitrogen and oxygen atoms in total. The Kier molecular flexibility index (Phi) is 6.11. The Morgan fingerprint density at radius 2 is 1.80 bits per heavy atom. The zero-order valence-electron chi connectivity index (χ0n) is 16.8. The highest BCUT2D eigenvalue weighted by Crippen LogP contribution is 2.35. The third-order valence-electron chi connectivity index (χ3n) is 5.66. The zero-order valence-corrected chi connectivity index (χ0v) is 18.5. The van der Waals surface area contributed by atoms with Crippen LogP contribution in [0.3, 0.4) is 0 Å². The molecule has 158 valence electrons. The van der Waals surface area contributed by atoms with E-state index in [1.54, 1.807) is 24.3 Å². The number of allylic oxidation sites excluding steroid dienone is 1. The summed E-state index contributed by atoms with van der Waals surface area (Å²) in [5, 5.41) is 5.00. The van der Waals surface area contributed by atoms with E-state index in [1.165, 1.54) is 24.2 Å². The summed E-state index contributed by atoms with van der Waals surface area (Å²) in [5.41, 5.74) is 2.03. The molecule has 1 amide bonds. The molecule has 7 heteroatoms. The first-order chi connectivity index (χ1) is 14.3. The first-order valence-electron chi connectivity index (χ1n) is 10.3. The molecule has 4 rings (SSSR count). The van der Waals surface area contributed by atoms with Gasteiger partial charge in [-0.15, -0.1) is 11.3 Å². The van der Waals surface area contributed by atoms with Crippen LogP contribution in [0.15, 0.2) is 40.6 Å². The van der Waals surface area contributed by atoms with E-state index < -0.39 is 9.84 Å². The van der Waals surface area contributed by atoms with Gasteiger partial charge < -0.3 is 0 Å². The predicted molar refractivity (Wildman–Crippen MR) is 121 cm³/mol. The van der Waals surface area contributed by atoms with Gasteiger partial charge in [-0.1, -0.05) is 31.1 Å². The summed E-state index contributed by atoms with van der Waals surface area (Å²) < 4.78 is 25.0. The van der Waals surface area contributed by atoms with E-state index in [2.05, 4.69) is 24.1 Å². The second-order valence-electron chi connectivity index (χ2n) is 8.12. The van der Waals surface area contributed by atoms with Crippen molar-refractivity contribution < 1.29 is 13.2 Å². The van der Waals surface area contributed by atoms with Crippen LogP contribution < -0.4 is 5.32 Å². The Bertz CT molecular complexity index is 1040. The number of amides is 1. The maximum absolute atomic E-state index is 13.1. The molecule has 2 aliphatic rings. The monoisotopic (exact) mass is 442 g/mol. The summed E-state index contributed by atoms with van der Waals surface area (Å²) in [7, 11) is -3.25. The quantitative estimate of drug-likeness (QED) is 0.609. The Morgan fingerprint density at radius 3 is 2.37 bits per heavy atom. The van der Waals surface area contributed by atoms with Crippen LogP contribution in [0.1, 0.15) is 55.7 Å². The molecule has 0 atom stereocenters. The number of nitrogens with zero attached hydrogens (tertiary/aromatic N) is 1. The van der Waals surface area contributed by atoms with Crippen molar-refractivity contribution in [1.82, 2.24) is 4.98 Å². The lowest BCUT2D eigenvalue weighted by molar-refractivity contribution is -0.111. The second-order valence-corrected chi connectivity index (χ2v) is 11.2. The normalized spacial score (nSPS) is 18.2. The van der Waals surface area contributed by atoms with E-state index in [-0.39, 0.29) is 17.1 Å². The highest BCUT2D eigenvalue weighted by molar-refractivity contribution is 7.92. The summed E-state index contributed by atoms with van der Waals surface area (Å²) in [6.07, 6.45) is 7.96. The Labute approximate surface area is 182 Å². The van der Waals surface area contributed by atoms with Gasteiger partial charge in [-0.05, 0) is 63.1 Å². The van der Waals surface area contributed by atoms with Gasteiger partial charge >= 0.3 is 0 Å². The number of hydrogen-bond acceptors (Lipinski definition) is 5. The topological polar surface area (TPSA) is 76.1 Å². The third-order valence-corrected chi connectivity index (χ3v) is 8.72. The van der Waals surface area contributed by atoms with Crippen molar-refractivity contribution in [2.24, 2.45) is 5.92 Å². The first-order valence-corrected chi connectivity index (χ1v) is 12.8. The first kappa shape index (κ1) is 21.2. The number of carbonyl (C=O) groups is 1. The number of anilines is 1. The number of rotatable bonds is 7. The average Bonchev–Trinajstić information content (AvgIpc) is 3.27. The largest absolute Gasteiger partial charge is 0.298 e. The van der Waals surface area contributed by atoms with Crippen LogP contribution in [-0.2, 0) is 14.6 Å². The molecule has 2 aliphatic carbocycles. The molecule has 2 aromatic rings. The standard InChI is InChI=1S/C23H26N2O3S2/c1-15(2)21-14-29-23(24-21)25-22(26)20(13-16-5-3-4-6-16)17-7-9-18(10-8-17)30(27,28)19-11-12-19/h7-10,13-16,19H,1-6,11-12H2,(H,24,25,26)/b20-13+. The van der Waals surface area contributed by atoms with Gasteiger partial charge in [0.2, 0.25) is 0 Å². The molecule has 0 spiro atoms. The summed E-state index contributed by atoms with van der Waals surface area (Å²) in [4.78, 5) is 17.8. The second kappa shape index (κ2) is 8.63. The molecule has 2 saturated carbocycles. The molecule has 1 aromatic carbocycles. The number of hydrogen-bond donors (Lipinski definition) is 1. The molecule has 0 aliphatic heterocycles. The molecular formula is C23H26N2O3S2. The van der Waals surface area contributed by atoms with E-state index >= 15 is 0 Å². The van der Waals surface area contributed by atoms with Crippen LogP contribution in [0.5, 0.6) is 0 Å².